The normalized spacial score (nSPS) is 9.40. The molecule has 0 saturated heterocycles. The molecule has 0 N–H and O–H groups in total. The van der Waals surface area contributed by atoms with Gasteiger partial charge in [-0.05, 0) is 19.1 Å². The standard InChI is InChI=1S/C10H10N2O3/c1-7-3-4-8(5-11)10(14)12(7)6-9(13)15-2/h3-4H,6H2,1-2H3. The Kier molecular flexibility index (Phi) is 3.24. The minimum atomic E-state index is -0.518. The van der Waals surface area contributed by atoms with Crippen LogP contribution in [-0.2, 0) is 16.1 Å². The highest BCUT2D eigenvalue weighted by Gasteiger charge is 2.09. The molecule has 0 unspecified atom stereocenters. The molecule has 0 fully saturated rings. The van der Waals surface area contributed by atoms with E-state index in [9.17, 15) is 9.59 Å². The SMILES string of the molecule is COC(=O)Cn1c(C)ccc(C#N)c1=O. The molecule has 1 aromatic heterocycles. The minimum Gasteiger partial charge on any atom is -0.468 e. The molecular weight excluding hydrogens is 196 g/mol. The highest BCUT2D eigenvalue weighted by molar-refractivity contribution is 5.69. The fraction of sp³-hybridized carbons (Fsp3) is 0.300. The van der Waals surface area contributed by atoms with Crippen LogP contribution in [0.25, 0.3) is 0 Å². The van der Waals surface area contributed by atoms with Gasteiger partial charge in [0.05, 0.1) is 7.11 Å². The average molecular weight is 206 g/mol. The van der Waals surface area contributed by atoms with Gasteiger partial charge >= 0.3 is 5.97 Å². The number of aromatic nitrogens is 1. The Morgan fingerprint density at radius 2 is 2.27 bits per heavy atom. The molecule has 5 nitrogen and oxygen atoms in total. The summed E-state index contributed by atoms with van der Waals surface area (Å²) in [4.78, 5) is 22.6. The third kappa shape index (κ3) is 2.23. The first kappa shape index (κ1) is 11.0. The van der Waals surface area contributed by atoms with Gasteiger partial charge in [0.25, 0.3) is 5.56 Å². The topological polar surface area (TPSA) is 72.1 Å². The number of pyridine rings is 1. The number of esters is 1. The maximum Gasteiger partial charge on any atom is 0.325 e. The Bertz CT molecular complexity index is 482. The van der Waals surface area contributed by atoms with E-state index in [4.69, 9.17) is 5.26 Å². The van der Waals surface area contributed by atoms with Crippen molar-refractivity contribution in [3.8, 4) is 6.07 Å². The quantitative estimate of drug-likeness (QED) is 0.648. The van der Waals surface area contributed by atoms with E-state index in [1.165, 1.54) is 17.7 Å². The van der Waals surface area contributed by atoms with Crippen molar-refractivity contribution in [1.82, 2.24) is 4.57 Å². The van der Waals surface area contributed by atoms with E-state index in [1.54, 1.807) is 19.1 Å². The molecule has 1 heterocycles. The molecule has 0 radical (unpaired) electrons. The molecular formula is C10H10N2O3. The fourth-order valence-corrected chi connectivity index (χ4v) is 1.15. The summed E-state index contributed by atoms with van der Waals surface area (Å²) >= 11 is 0. The van der Waals surface area contributed by atoms with E-state index < -0.39 is 11.5 Å². The van der Waals surface area contributed by atoms with E-state index in [2.05, 4.69) is 4.74 Å². The van der Waals surface area contributed by atoms with Crippen LogP contribution < -0.4 is 5.56 Å². The van der Waals surface area contributed by atoms with E-state index in [1.807, 2.05) is 0 Å². The second kappa shape index (κ2) is 4.42. The number of carbonyl (C=O) groups excluding carboxylic acids is 1. The third-order valence-electron chi connectivity index (χ3n) is 2.03. The van der Waals surface area contributed by atoms with Crippen molar-refractivity contribution >= 4 is 5.97 Å². The molecule has 1 aromatic rings. The van der Waals surface area contributed by atoms with E-state index >= 15 is 0 Å². The van der Waals surface area contributed by atoms with Gasteiger partial charge in [0.15, 0.2) is 0 Å². The lowest BCUT2D eigenvalue weighted by molar-refractivity contribution is -0.141. The first-order valence-electron chi connectivity index (χ1n) is 4.27. The van der Waals surface area contributed by atoms with Crippen LogP contribution in [0.5, 0.6) is 0 Å². The van der Waals surface area contributed by atoms with Crippen LogP contribution in [-0.4, -0.2) is 17.6 Å². The summed E-state index contributed by atoms with van der Waals surface area (Å²) in [7, 11) is 1.25. The number of rotatable bonds is 2. The molecule has 0 aromatic carbocycles. The van der Waals surface area contributed by atoms with Gasteiger partial charge in [0.2, 0.25) is 0 Å². The Morgan fingerprint density at radius 3 is 2.80 bits per heavy atom. The minimum absolute atomic E-state index is 0.0181. The number of carbonyl (C=O) groups is 1. The molecule has 0 aliphatic carbocycles. The fourth-order valence-electron chi connectivity index (χ4n) is 1.15. The first-order chi connectivity index (χ1) is 7.10. The zero-order chi connectivity index (χ0) is 11.4. The zero-order valence-electron chi connectivity index (χ0n) is 8.48. The lowest BCUT2D eigenvalue weighted by atomic mass is 10.2. The van der Waals surface area contributed by atoms with Gasteiger partial charge < -0.3 is 9.30 Å². The van der Waals surface area contributed by atoms with Crippen LogP contribution in [0, 0.1) is 18.3 Å². The van der Waals surface area contributed by atoms with Crippen molar-refractivity contribution in [2.45, 2.75) is 13.5 Å². The molecule has 0 atom stereocenters. The summed E-state index contributed by atoms with van der Waals surface area (Å²) in [6.07, 6.45) is 0. The van der Waals surface area contributed by atoms with Gasteiger partial charge in [-0.3, -0.25) is 9.59 Å². The average Bonchev–Trinajstić information content (AvgIpc) is 2.24. The monoisotopic (exact) mass is 206 g/mol. The summed E-state index contributed by atoms with van der Waals surface area (Å²) in [6.45, 7) is 1.52. The lowest BCUT2D eigenvalue weighted by Gasteiger charge is -2.07. The maximum atomic E-state index is 11.6. The Morgan fingerprint density at radius 1 is 1.60 bits per heavy atom. The van der Waals surface area contributed by atoms with Gasteiger partial charge in [-0.1, -0.05) is 0 Å². The molecule has 78 valence electrons. The molecule has 0 bridgehead atoms. The number of nitrogens with zero attached hydrogens (tertiary/aromatic N) is 2. The van der Waals surface area contributed by atoms with Gasteiger partial charge in [0, 0.05) is 5.69 Å². The number of methoxy groups -OCH3 is 1. The maximum absolute atomic E-state index is 11.6. The highest BCUT2D eigenvalue weighted by atomic mass is 16.5. The molecule has 0 spiro atoms. The van der Waals surface area contributed by atoms with E-state index in [0.717, 1.165) is 0 Å². The number of hydrogen-bond acceptors (Lipinski definition) is 4. The molecule has 15 heavy (non-hydrogen) atoms. The predicted octanol–water partition coefficient (Wildman–Crippen LogP) is 0.201. The van der Waals surface area contributed by atoms with Crippen LogP contribution in [0.1, 0.15) is 11.3 Å². The van der Waals surface area contributed by atoms with Gasteiger partial charge in [-0.25, -0.2) is 0 Å². The van der Waals surface area contributed by atoms with Crippen molar-refractivity contribution in [2.24, 2.45) is 0 Å². The van der Waals surface area contributed by atoms with Crippen LogP contribution in [0.15, 0.2) is 16.9 Å². The summed E-state index contributed by atoms with van der Waals surface area (Å²) in [5.74, 6) is -0.518. The largest absolute Gasteiger partial charge is 0.468 e. The summed E-state index contributed by atoms with van der Waals surface area (Å²) in [6, 6.07) is 4.82. The van der Waals surface area contributed by atoms with Crippen LogP contribution >= 0.6 is 0 Å². The lowest BCUT2D eigenvalue weighted by Crippen LogP contribution is -2.28. The number of nitriles is 1. The molecule has 0 aliphatic heterocycles. The Hall–Kier alpha value is -2.09. The van der Waals surface area contributed by atoms with Gasteiger partial charge in [-0.15, -0.1) is 0 Å². The van der Waals surface area contributed by atoms with Crippen molar-refractivity contribution in [3.05, 3.63) is 33.7 Å². The van der Waals surface area contributed by atoms with Crippen molar-refractivity contribution in [3.63, 3.8) is 0 Å². The van der Waals surface area contributed by atoms with Crippen molar-refractivity contribution in [1.29, 1.82) is 5.26 Å². The van der Waals surface area contributed by atoms with Crippen LogP contribution in [0.3, 0.4) is 0 Å². The van der Waals surface area contributed by atoms with Gasteiger partial charge in [-0.2, -0.15) is 5.26 Å². The number of ether oxygens (including phenoxy) is 1. The van der Waals surface area contributed by atoms with E-state index in [0.29, 0.717) is 5.69 Å². The van der Waals surface area contributed by atoms with Crippen LogP contribution in [0.4, 0.5) is 0 Å². The second-order valence-corrected chi connectivity index (χ2v) is 2.97. The van der Waals surface area contributed by atoms with E-state index in [-0.39, 0.29) is 12.1 Å². The first-order valence-corrected chi connectivity index (χ1v) is 4.27. The Balaban J connectivity index is 3.23. The zero-order valence-corrected chi connectivity index (χ0v) is 8.48. The number of aryl methyl sites for hydroxylation is 1. The van der Waals surface area contributed by atoms with Crippen molar-refractivity contribution in [2.75, 3.05) is 7.11 Å². The smallest absolute Gasteiger partial charge is 0.325 e. The summed E-state index contributed by atoms with van der Waals surface area (Å²) in [5, 5.41) is 8.65. The van der Waals surface area contributed by atoms with Gasteiger partial charge in [0.1, 0.15) is 18.2 Å². The summed E-state index contributed by atoms with van der Waals surface area (Å²) < 4.78 is 5.67. The molecule has 0 aliphatic rings. The molecule has 1 rings (SSSR count). The van der Waals surface area contributed by atoms with Crippen LogP contribution in [0.2, 0.25) is 0 Å². The Labute approximate surface area is 86.5 Å². The predicted molar refractivity (Wildman–Crippen MR) is 52.2 cm³/mol. The highest BCUT2D eigenvalue weighted by Crippen LogP contribution is 1.97. The molecule has 0 amide bonds. The second-order valence-electron chi connectivity index (χ2n) is 2.97. The number of hydrogen-bond donors (Lipinski definition) is 0. The van der Waals surface area contributed by atoms with Crippen molar-refractivity contribution < 1.29 is 9.53 Å². The molecule has 0 saturated carbocycles. The molecule has 5 heteroatoms. The third-order valence-corrected chi connectivity index (χ3v) is 2.03. The summed E-state index contributed by atoms with van der Waals surface area (Å²) in [5.41, 5.74) is 0.164.